The van der Waals surface area contributed by atoms with E-state index in [1.807, 2.05) is 0 Å². The standard InChI is InChI=1S/C10H14N4O2/c11-5-10(3-4-10)6-12-9(16)7-1-2-8(15)14-13-7/h1-2H,3-6,11H2,(H,12,16)(H,14,15). The van der Waals surface area contributed by atoms with Crippen molar-refractivity contribution in [1.82, 2.24) is 15.5 Å². The van der Waals surface area contributed by atoms with Crippen molar-refractivity contribution < 1.29 is 4.79 Å². The number of aromatic amines is 1. The Morgan fingerprint density at radius 2 is 2.31 bits per heavy atom. The largest absolute Gasteiger partial charge is 0.350 e. The molecule has 0 aromatic carbocycles. The molecule has 16 heavy (non-hydrogen) atoms. The zero-order valence-corrected chi connectivity index (χ0v) is 8.82. The van der Waals surface area contributed by atoms with Crippen LogP contribution in [0.5, 0.6) is 0 Å². The van der Waals surface area contributed by atoms with Crippen molar-refractivity contribution in [2.45, 2.75) is 12.8 Å². The highest BCUT2D eigenvalue weighted by Crippen LogP contribution is 2.43. The lowest BCUT2D eigenvalue weighted by atomic mass is 10.1. The minimum Gasteiger partial charge on any atom is -0.350 e. The number of carbonyl (C=O) groups excluding carboxylic acids is 1. The molecule has 4 N–H and O–H groups in total. The fraction of sp³-hybridized carbons (Fsp3) is 0.500. The van der Waals surface area contributed by atoms with Crippen LogP contribution < -0.4 is 16.6 Å². The summed E-state index contributed by atoms with van der Waals surface area (Å²) in [4.78, 5) is 22.4. The number of rotatable bonds is 4. The Morgan fingerprint density at radius 3 is 2.81 bits per heavy atom. The second-order valence-corrected chi connectivity index (χ2v) is 4.19. The summed E-state index contributed by atoms with van der Waals surface area (Å²) in [7, 11) is 0. The summed E-state index contributed by atoms with van der Waals surface area (Å²) in [6.07, 6.45) is 2.12. The maximum atomic E-state index is 11.6. The molecule has 0 bridgehead atoms. The van der Waals surface area contributed by atoms with E-state index in [4.69, 9.17) is 5.73 Å². The Bertz CT molecular complexity index is 430. The van der Waals surface area contributed by atoms with Crippen LogP contribution in [0.3, 0.4) is 0 Å². The van der Waals surface area contributed by atoms with Crippen molar-refractivity contribution in [1.29, 1.82) is 0 Å². The van der Waals surface area contributed by atoms with Crippen LogP contribution in [0.15, 0.2) is 16.9 Å². The second-order valence-electron chi connectivity index (χ2n) is 4.19. The molecular weight excluding hydrogens is 208 g/mol. The van der Waals surface area contributed by atoms with Crippen molar-refractivity contribution in [3.8, 4) is 0 Å². The second kappa shape index (κ2) is 4.05. The first kappa shape index (κ1) is 10.8. The van der Waals surface area contributed by atoms with E-state index in [0.717, 1.165) is 12.8 Å². The van der Waals surface area contributed by atoms with E-state index in [-0.39, 0.29) is 22.6 Å². The van der Waals surface area contributed by atoms with Gasteiger partial charge in [0.2, 0.25) is 0 Å². The molecule has 1 aromatic heterocycles. The third-order valence-electron chi connectivity index (χ3n) is 2.93. The number of amides is 1. The van der Waals surface area contributed by atoms with Crippen LogP contribution in [0.4, 0.5) is 0 Å². The molecule has 0 unspecified atom stereocenters. The molecule has 1 amide bonds. The molecule has 1 fully saturated rings. The average molecular weight is 222 g/mol. The minimum absolute atomic E-state index is 0.0951. The van der Waals surface area contributed by atoms with Crippen LogP contribution >= 0.6 is 0 Å². The highest BCUT2D eigenvalue weighted by Gasteiger charge is 2.41. The lowest BCUT2D eigenvalue weighted by Crippen LogP contribution is -2.34. The van der Waals surface area contributed by atoms with Gasteiger partial charge in [-0.3, -0.25) is 9.59 Å². The molecule has 1 aliphatic rings. The molecule has 6 heteroatoms. The number of aromatic nitrogens is 2. The molecule has 86 valence electrons. The molecule has 0 saturated heterocycles. The Kier molecular flexibility index (Phi) is 2.74. The monoisotopic (exact) mass is 222 g/mol. The first-order valence-electron chi connectivity index (χ1n) is 5.19. The van der Waals surface area contributed by atoms with Gasteiger partial charge in [-0.1, -0.05) is 0 Å². The first-order chi connectivity index (χ1) is 7.65. The highest BCUT2D eigenvalue weighted by atomic mass is 16.2. The number of nitrogens with zero attached hydrogens (tertiary/aromatic N) is 1. The predicted octanol–water partition coefficient (Wildman–Crippen LogP) is -0.761. The number of nitrogens with one attached hydrogen (secondary N) is 2. The lowest BCUT2D eigenvalue weighted by Gasteiger charge is -2.12. The Balaban J connectivity index is 1.93. The minimum atomic E-state index is -0.322. The van der Waals surface area contributed by atoms with Crippen LogP contribution in [-0.4, -0.2) is 29.2 Å². The highest BCUT2D eigenvalue weighted by molar-refractivity contribution is 5.92. The Morgan fingerprint density at radius 1 is 1.56 bits per heavy atom. The quantitative estimate of drug-likeness (QED) is 0.623. The smallest absolute Gasteiger partial charge is 0.271 e. The summed E-state index contributed by atoms with van der Waals surface area (Å²) in [6, 6.07) is 2.67. The van der Waals surface area contributed by atoms with Gasteiger partial charge < -0.3 is 11.1 Å². The molecule has 1 aromatic rings. The van der Waals surface area contributed by atoms with Gasteiger partial charge in [0.15, 0.2) is 0 Å². The van der Waals surface area contributed by atoms with E-state index in [2.05, 4.69) is 15.5 Å². The van der Waals surface area contributed by atoms with Gasteiger partial charge in [-0.15, -0.1) is 0 Å². The molecular formula is C10H14N4O2. The van der Waals surface area contributed by atoms with Crippen LogP contribution in [0, 0.1) is 5.41 Å². The van der Waals surface area contributed by atoms with E-state index in [0.29, 0.717) is 13.1 Å². The van der Waals surface area contributed by atoms with Gasteiger partial charge >= 0.3 is 0 Å². The van der Waals surface area contributed by atoms with Crippen LogP contribution in [0.25, 0.3) is 0 Å². The number of nitrogens with two attached hydrogens (primary N) is 1. The van der Waals surface area contributed by atoms with E-state index < -0.39 is 0 Å². The number of hydrogen-bond donors (Lipinski definition) is 3. The molecule has 2 rings (SSSR count). The van der Waals surface area contributed by atoms with Gasteiger partial charge in [0.1, 0.15) is 5.69 Å². The summed E-state index contributed by atoms with van der Waals surface area (Å²) in [6.45, 7) is 1.16. The topological polar surface area (TPSA) is 101 Å². The predicted molar refractivity (Wildman–Crippen MR) is 57.9 cm³/mol. The zero-order valence-electron chi connectivity index (χ0n) is 8.82. The van der Waals surface area contributed by atoms with Crippen molar-refractivity contribution in [3.05, 3.63) is 28.2 Å². The maximum Gasteiger partial charge on any atom is 0.271 e. The molecule has 0 radical (unpaired) electrons. The summed E-state index contributed by atoms with van der Waals surface area (Å²) in [5.41, 5.74) is 5.59. The molecule has 0 aliphatic heterocycles. The SMILES string of the molecule is NCC1(CNC(=O)c2ccc(=O)[nH]n2)CC1. The molecule has 1 heterocycles. The first-order valence-corrected chi connectivity index (χ1v) is 5.19. The van der Waals surface area contributed by atoms with Crippen LogP contribution in [0.1, 0.15) is 23.3 Å². The van der Waals surface area contributed by atoms with Gasteiger partial charge in [0, 0.05) is 18.0 Å². The molecule has 1 saturated carbocycles. The summed E-state index contributed by atoms with van der Waals surface area (Å²) in [5, 5.41) is 8.63. The average Bonchev–Trinajstić information content (AvgIpc) is 3.08. The normalized spacial score (nSPS) is 16.8. The third-order valence-corrected chi connectivity index (χ3v) is 2.93. The van der Waals surface area contributed by atoms with E-state index in [1.54, 1.807) is 0 Å². The van der Waals surface area contributed by atoms with Gasteiger partial charge in [-0.25, -0.2) is 5.10 Å². The molecule has 1 aliphatic carbocycles. The summed E-state index contributed by atoms with van der Waals surface area (Å²) >= 11 is 0. The fourth-order valence-corrected chi connectivity index (χ4v) is 1.46. The molecule has 0 spiro atoms. The van der Waals surface area contributed by atoms with Gasteiger partial charge in [0.25, 0.3) is 11.5 Å². The zero-order chi connectivity index (χ0) is 11.6. The third kappa shape index (κ3) is 2.27. The van der Waals surface area contributed by atoms with Crippen molar-refractivity contribution in [2.24, 2.45) is 11.1 Å². The van der Waals surface area contributed by atoms with E-state index in [1.165, 1.54) is 12.1 Å². The van der Waals surface area contributed by atoms with Crippen LogP contribution in [-0.2, 0) is 0 Å². The number of carbonyl (C=O) groups is 1. The van der Waals surface area contributed by atoms with Crippen molar-refractivity contribution >= 4 is 5.91 Å². The van der Waals surface area contributed by atoms with E-state index >= 15 is 0 Å². The number of hydrogen-bond acceptors (Lipinski definition) is 4. The lowest BCUT2D eigenvalue weighted by molar-refractivity contribution is 0.0939. The van der Waals surface area contributed by atoms with Crippen LogP contribution in [0.2, 0.25) is 0 Å². The fourth-order valence-electron chi connectivity index (χ4n) is 1.46. The van der Waals surface area contributed by atoms with Gasteiger partial charge in [0.05, 0.1) is 0 Å². The summed E-state index contributed by atoms with van der Waals surface area (Å²) < 4.78 is 0. The van der Waals surface area contributed by atoms with Gasteiger partial charge in [-0.05, 0) is 25.5 Å². The van der Waals surface area contributed by atoms with Crippen molar-refractivity contribution in [3.63, 3.8) is 0 Å². The Labute approximate surface area is 92.2 Å². The van der Waals surface area contributed by atoms with E-state index in [9.17, 15) is 9.59 Å². The Hall–Kier alpha value is -1.69. The van der Waals surface area contributed by atoms with Gasteiger partial charge in [-0.2, -0.15) is 5.10 Å². The number of H-pyrrole nitrogens is 1. The summed E-state index contributed by atoms with van der Waals surface area (Å²) in [5.74, 6) is -0.282. The molecule has 0 atom stereocenters. The molecule has 6 nitrogen and oxygen atoms in total. The van der Waals surface area contributed by atoms with Crippen molar-refractivity contribution in [2.75, 3.05) is 13.1 Å². The maximum absolute atomic E-state index is 11.6.